The van der Waals surface area contributed by atoms with Gasteiger partial charge in [0.2, 0.25) is 0 Å². The predicted molar refractivity (Wildman–Crippen MR) is 81.7 cm³/mol. The van der Waals surface area contributed by atoms with Crippen molar-refractivity contribution in [2.24, 2.45) is 0 Å². The van der Waals surface area contributed by atoms with Crippen molar-refractivity contribution in [1.82, 2.24) is 0 Å². The van der Waals surface area contributed by atoms with Gasteiger partial charge in [0.15, 0.2) is 0 Å². The van der Waals surface area contributed by atoms with Gasteiger partial charge in [-0.3, -0.25) is 10.1 Å². The second-order valence-corrected chi connectivity index (χ2v) is 4.81. The first-order valence-corrected chi connectivity index (χ1v) is 7.21. The monoisotopic (exact) mass is 280 g/mol. The molecule has 0 bridgehead atoms. The van der Waals surface area contributed by atoms with Crippen LogP contribution in [0.4, 0.5) is 11.4 Å². The maximum Gasteiger partial charge on any atom is 0.273 e. The van der Waals surface area contributed by atoms with Crippen molar-refractivity contribution >= 4 is 11.4 Å². The molecular weight excluding hydrogens is 256 g/mol. The molecule has 0 N–H and O–H groups in total. The Balaban J connectivity index is 3.00. The second kappa shape index (κ2) is 8.40. The summed E-state index contributed by atoms with van der Waals surface area (Å²) < 4.78 is 5.33. The first kappa shape index (κ1) is 16.3. The molecule has 0 aromatic heterocycles. The normalized spacial score (nSPS) is 10.3. The summed E-state index contributed by atoms with van der Waals surface area (Å²) in [4.78, 5) is 12.7. The summed E-state index contributed by atoms with van der Waals surface area (Å²) >= 11 is 0. The van der Waals surface area contributed by atoms with Crippen LogP contribution in [0.2, 0.25) is 0 Å². The number of non-ortho nitro benzene ring substituents is 1. The summed E-state index contributed by atoms with van der Waals surface area (Å²) in [6.45, 7) is 6.21. The Morgan fingerprint density at radius 1 is 1.20 bits per heavy atom. The third-order valence-electron chi connectivity index (χ3n) is 3.28. The number of benzene rings is 1. The number of methoxy groups -OCH3 is 1. The molecule has 0 aliphatic rings. The number of unbranched alkanes of at least 4 members (excludes halogenated alkanes) is 2. The first-order chi connectivity index (χ1) is 9.63. The maximum atomic E-state index is 10.8. The van der Waals surface area contributed by atoms with Crippen LogP contribution in [0.1, 0.15) is 39.5 Å². The highest BCUT2D eigenvalue weighted by atomic mass is 16.6. The summed E-state index contributed by atoms with van der Waals surface area (Å²) in [7, 11) is 1.56. The van der Waals surface area contributed by atoms with E-state index in [2.05, 4.69) is 18.7 Å². The average molecular weight is 280 g/mol. The minimum Gasteiger partial charge on any atom is -0.494 e. The molecule has 0 radical (unpaired) electrons. The van der Waals surface area contributed by atoms with Crippen molar-refractivity contribution in [3.05, 3.63) is 28.3 Å². The van der Waals surface area contributed by atoms with Crippen LogP contribution < -0.4 is 9.64 Å². The van der Waals surface area contributed by atoms with Crippen LogP contribution in [-0.2, 0) is 0 Å². The Labute approximate surface area is 120 Å². The fraction of sp³-hybridized carbons (Fsp3) is 0.600. The smallest absolute Gasteiger partial charge is 0.273 e. The van der Waals surface area contributed by atoms with Gasteiger partial charge in [-0.15, -0.1) is 0 Å². The van der Waals surface area contributed by atoms with Gasteiger partial charge in [0.1, 0.15) is 5.75 Å². The lowest BCUT2D eigenvalue weighted by molar-refractivity contribution is -0.384. The summed E-state index contributed by atoms with van der Waals surface area (Å²) in [5, 5.41) is 10.8. The maximum absolute atomic E-state index is 10.8. The van der Waals surface area contributed by atoms with Gasteiger partial charge in [0.25, 0.3) is 5.69 Å². The molecule has 112 valence electrons. The highest BCUT2D eigenvalue weighted by Crippen LogP contribution is 2.32. The molecule has 1 aromatic carbocycles. The molecule has 0 spiro atoms. The Hall–Kier alpha value is -1.78. The first-order valence-electron chi connectivity index (χ1n) is 7.21. The summed E-state index contributed by atoms with van der Waals surface area (Å²) in [5.41, 5.74) is 1.01. The molecule has 0 aliphatic heterocycles. The van der Waals surface area contributed by atoms with Crippen LogP contribution in [0.5, 0.6) is 5.75 Å². The molecule has 0 unspecified atom stereocenters. The number of hydrogen-bond acceptors (Lipinski definition) is 4. The molecule has 0 saturated carbocycles. The number of hydrogen-bond donors (Lipinski definition) is 0. The van der Waals surface area contributed by atoms with Crippen LogP contribution >= 0.6 is 0 Å². The van der Waals surface area contributed by atoms with E-state index in [0.717, 1.165) is 44.5 Å². The number of anilines is 1. The van der Waals surface area contributed by atoms with E-state index in [9.17, 15) is 10.1 Å². The van der Waals surface area contributed by atoms with E-state index in [-0.39, 0.29) is 5.69 Å². The van der Waals surface area contributed by atoms with Gasteiger partial charge < -0.3 is 9.64 Å². The minimum atomic E-state index is -0.394. The van der Waals surface area contributed by atoms with Gasteiger partial charge in [-0.1, -0.05) is 26.7 Å². The number of ether oxygens (including phenoxy) is 1. The zero-order chi connectivity index (χ0) is 15.0. The topological polar surface area (TPSA) is 55.6 Å². The molecule has 0 fully saturated rings. The lowest BCUT2D eigenvalue weighted by Gasteiger charge is -2.26. The Bertz CT molecular complexity index is 427. The van der Waals surface area contributed by atoms with Gasteiger partial charge in [-0.25, -0.2) is 0 Å². The van der Waals surface area contributed by atoms with E-state index in [4.69, 9.17) is 4.74 Å². The van der Waals surface area contributed by atoms with E-state index in [0.29, 0.717) is 5.75 Å². The lowest BCUT2D eigenvalue weighted by atomic mass is 10.2. The summed E-state index contributed by atoms with van der Waals surface area (Å²) in [6.07, 6.45) is 4.45. The quantitative estimate of drug-likeness (QED) is 0.506. The van der Waals surface area contributed by atoms with E-state index < -0.39 is 4.92 Å². The zero-order valence-electron chi connectivity index (χ0n) is 12.6. The molecule has 0 atom stereocenters. The van der Waals surface area contributed by atoms with Crippen LogP contribution in [-0.4, -0.2) is 25.1 Å². The van der Waals surface area contributed by atoms with Crippen molar-refractivity contribution in [1.29, 1.82) is 0 Å². The van der Waals surface area contributed by atoms with Gasteiger partial charge in [-0.2, -0.15) is 0 Å². The fourth-order valence-electron chi connectivity index (χ4n) is 2.09. The molecule has 20 heavy (non-hydrogen) atoms. The van der Waals surface area contributed by atoms with E-state index in [1.165, 1.54) is 6.07 Å². The predicted octanol–water partition coefficient (Wildman–Crippen LogP) is 4.01. The Kier molecular flexibility index (Phi) is 6.84. The highest BCUT2D eigenvalue weighted by Gasteiger charge is 2.15. The molecule has 5 heteroatoms. The lowest BCUT2D eigenvalue weighted by Crippen LogP contribution is -2.26. The van der Waals surface area contributed by atoms with Gasteiger partial charge >= 0.3 is 0 Å². The summed E-state index contributed by atoms with van der Waals surface area (Å²) in [5.74, 6) is 0.575. The molecule has 1 rings (SSSR count). The van der Waals surface area contributed by atoms with Crippen molar-refractivity contribution in [3.63, 3.8) is 0 Å². The molecule has 5 nitrogen and oxygen atoms in total. The highest BCUT2D eigenvalue weighted by molar-refractivity contribution is 5.62. The second-order valence-electron chi connectivity index (χ2n) is 4.81. The molecule has 0 saturated heterocycles. The third-order valence-corrected chi connectivity index (χ3v) is 3.28. The van der Waals surface area contributed by atoms with E-state index in [1.54, 1.807) is 19.2 Å². The molecule has 0 heterocycles. The largest absolute Gasteiger partial charge is 0.494 e. The number of nitro groups is 1. The minimum absolute atomic E-state index is 0.0662. The fourth-order valence-corrected chi connectivity index (χ4v) is 2.09. The van der Waals surface area contributed by atoms with Crippen molar-refractivity contribution in [3.8, 4) is 5.75 Å². The van der Waals surface area contributed by atoms with Crippen LogP contribution in [0.3, 0.4) is 0 Å². The Morgan fingerprint density at radius 2 is 1.80 bits per heavy atom. The molecular formula is C15H24N2O3. The average Bonchev–Trinajstić information content (AvgIpc) is 2.47. The Morgan fingerprint density at radius 3 is 2.25 bits per heavy atom. The third kappa shape index (κ3) is 4.40. The van der Waals surface area contributed by atoms with Crippen molar-refractivity contribution < 1.29 is 9.66 Å². The zero-order valence-corrected chi connectivity index (χ0v) is 12.6. The van der Waals surface area contributed by atoms with Crippen molar-refractivity contribution in [2.75, 3.05) is 25.1 Å². The standard InChI is InChI=1S/C15H24N2O3/c1-4-6-10-16(11-7-5-2)14-9-8-13(17(18)19)12-15(14)20-3/h8-9,12H,4-7,10-11H2,1-3H3. The molecule has 1 aromatic rings. The van der Waals surface area contributed by atoms with Gasteiger partial charge in [0.05, 0.1) is 23.8 Å². The number of rotatable bonds is 9. The van der Waals surface area contributed by atoms with Crippen LogP contribution in [0.25, 0.3) is 0 Å². The van der Waals surface area contributed by atoms with E-state index >= 15 is 0 Å². The summed E-state index contributed by atoms with van der Waals surface area (Å²) in [6, 6.07) is 4.84. The van der Waals surface area contributed by atoms with Gasteiger partial charge in [-0.05, 0) is 18.9 Å². The molecule has 0 amide bonds. The van der Waals surface area contributed by atoms with Crippen molar-refractivity contribution in [2.45, 2.75) is 39.5 Å². The number of nitro benzene ring substituents is 1. The molecule has 0 aliphatic carbocycles. The SMILES string of the molecule is CCCCN(CCCC)c1ccc([N+](=O)[O-])cc1OC. The van der Waals surface area contributed by atoms with E-state index in [1.807, 2.05) is 0 Å². The van der Waals surface area contributed by atoms with Crippen LogP contribution in [0, 0.1) is 10.1 Å². The van der Waals surface area contributed by atoms with Crippen LogP contribution in [0.15, 0.2) is 18.2 Å². The number of nitrogens with zero attached hydrogens (tertiary/aromatic N) is 2. The van der Waals surface area contributed by atoms with Gasteiger partial charge in [0, 0.05) is 19.2 Å².